The molecule has 4 heteroatoms. The third kappa shape index (κ3) is 3.22. The smallest absolute Gasteiger partial charge is 0.136 e. The number of methoxy groups -OCH3 is 2. The Kier molecular flexibility index (Phi) is 4.63. The van der Waals surface area contributed by atoms with E-state index in [0.29, 0.717) is 12.8 Å². The fourth-order valence-corrected chi connectivity index (χ4v) is 3.21. The Hall–Kier alpha value is -2.33. The van der Waals surface area contributed by atoms with Gasteiger partial charge in [0.05, 0.1) is 14.2 Å². The Balaban J connectivity index is 1.92. The number of ether oxygens (including phenoxy) is 2. The van der Waals surface area contributed by atoms with Crippen LogP contribution < -0.4 is 14.8 Å². The maximum atomic E-state index is 12.3. The van der Waals surface area contributed by atoms with E-state index in [1.807, 2.05) is 48.5 Å². The number of benzene rings is 2. The molecular weight excluding hydrogens is 290 g/mol. The Morgan fingerprint density at radius 2 is 1.26 bits per heavy atom. The summed E-state index contributed by atoms with van der Waals surface area (Å²) in [6.07, 6.45) is 0.956. The lowest BCUT2D eigenvalue weighted by molar-refractivity contribution is -0.121. The number of ketones is 1. The number of hydrogen-bond donors (Lipinski definition) is 1. The number of Topliss-reactive ketones (excluding diaryl/α,β-unsaturated/α-hetero) is 1. The molecule has 0 bridgehead atoms. The van der Waals surface area contributed by atoms with E-state index in [9.17, 15) is 4.79 Å². The summed E-state index contributed by atoms with van der Waals surface area (Å²) in [6, 6.07) is 15.6. The standard InChI is InChI=1S/C19H21NO3/c1-22-18-9-5-3-7-14(18)16-11-13(21)12-17(20-16)15-8-4-6-10-19(15)23-2/h3-10,16-17,20H,11-12H2,1-2H3/t16-,17+. The molecule has 0 unspecified atom stereocenters. The lowest BCUT2D eigenvalue weighted by Gasteiger charge is -2.32. The topological polar surface area (TPSA) is 47.6 Å². The van der Waals surface area contributed by atoms with Crippen LogP contribution in [0.2, 0.25) is 0 Å². The number of nitrogens with one attached hydrogen (secondary N) is 1. The number of rotatable bonds is 4. The summed E-state index contributed by atoms with van der Waals surface area (Å²) in [7, 11) is 3.31. The molecule has 2 aromatic rings. The van der Waals surface area contributed by atoms with Crippen LogP contribution in [-0.4, -0.2) is 20.0 Å². The number of para-hydroxylation sites is 2. The quantitative estimate of drug-likeness (QED) is 0.939. The van der Waals surface area contributed by atoms with Crippen LogP contribution in [0.25, 0.3) is 0 Å². The molecule has 1 heterocycles. The molecule has 0 spiro atoms. The van der Waals surface area contributed by atoms with E-state index in [4.69, 9.17) is 9.47 Å². The average molecular weight is 311 g/mol. The lowest BCUT2D eigenvalue weighted by Crippen LogP contribution is -2.35. The van der Waals surface area contributed by atoms with Gasteiger partial charge in [0.15, 0.2) is 0 Å². The molecule has 2 aromatic carbocycles. The van der Waals surface area contributed by atoms with Gasteiger partial charge in [0.2, 0.25) is 0 Å². The fourth-order valence-electron chi connectivity index (χ4n) is 3.21. The number of carbonyl (C=O) groups excluding carboxylic acids is 1. The van der Waals surface area contributed by atoms with E-state index < -0.39 is 0 Å². The Morgan fingerprint density at radius 1 is 0.826 bits per heavy atom. The molecule has 1 fully saturated rings. The first kappa shape index (κ1) is 15.6. The molecule has 0 radical (unpaired) electrons. The van der Waals surface area contributed by atoms with Gasteiger partial charge in [-0.25, -0.2) is 0 Å². The van der Waals surface area contributed by atoms with E-state index in [1.165, 1.54) is 0 Å². The summed E-state index contributed by atoms with van der Waals surface area (Å²) in [4.78, 5) is 12.3. The second-order valence-electron chi connectivity index (χ2n) is 5.70. The molecular formula is C19H21NO3. The van der Waals surface area contributed by atoms with Crippen LogP contribution in [0.5, 0.6) is 11.5 Å². The monoisotopic (exact) mass is 311 g/mol. The Bertz CT molecular complexity index is 641. The van der Waals surface area contributed by atoms with Crippen LogP contribution in [0.4, 0.5) is 0 Å². The summed E-state index contributed by atoms with van der Waals surface area (Å²) in [6.45, 7) is 0. The Labute approximate surface area is 136 Å². The number of carbonyl (C=O) groups is 1. The second-order valence-corrected chi connectivity index (χ2v) is 5.70. The summed E-state index contributed by atoms with van der Waals surface area (Å²) in [5.41, 5.74) is 2.03. The van der Waals surface area contributed by atoms with Gasteiger partial charge < -0.3 is 14.8 Å². The SMILES string of the molecule is COc1ccccc1[C@@H]1CC(=O)C[C@H](c2ccccc2OC)N1. The van der Waals surface area contributed by atoms with Crippen LogP contribution in [0.3, 0.4) is 0 Å². The number of hydrogen-bond acceptors (Lipinski definition) is 4. The third-order valence-electron chi connectivity index (χ3n) is 4.29. The predicted octanol–water partition coefficient (Wildman–Crippen LogP) is 3.44. The maximum Gasteiger partial charge on any atom is 0.136 e. The highest BCUT2D eigenvalue weighted by atomic mass is 16.5. The maximum absolute atomic E-state index is 12.3. The van der Waals surface area contributed by atoms with Crippen molar-refractivity contribution in [3.63, 3.8) is 0 Å². The highest BCUT2D eigenvalue weighted by molar-refractivity contribution is 5.81. The van der Waals surface area contributed by atoms with Gasteiger partial charge in [0, 0.05) is 36.1 Å². The molecule has 1 aliphatic heterocycles. The van der Waals surface area contributed by atoms with Crippen molar-refractivity contribution >= 4 is 5.78 Å². The molecule has 0 aromatic heterocycles. The van der Waals surface area contributed by atoms with E-state index in [1.54, 1.807) is 14.2 Å². The van der Waals surface area contributed by atoms with Gasteiger partial charge in [-0.2, -0.15) is 0 Å². The van der Waals surface area contributed by atoms with Crippen LogP contribution in [0.1, 0.15) is 36.1 Å². The summed E-state index contributed by atoms with van der Waals surface area (Å²) < 4.78 is 10.9. The van der Waals surface area contributed by atoms with Crippen molar-refractivity contribution in [1.29, 1.82) is 0 Å². The third-order valence-corrected chi connectivity index (χ3v) is 4.29. The Morgan fingerprint density at radius 3 is 1.70 bits per heavy atom. The van der Waals surface area contributed by atoms with Gasteiger partial charge in [0.25, 0.3) is 0 Å². The zero-order chi connectivity index (χ0) is 16.2. The lowest BCUT2D eigenvalue weighted by atomic mass is 9.88. The van der Waals surface area contributed by atoms with Crippen LogP contribution in [-0.2, 0) is 4.79 Å². The van der Waals surface area contributed by atoms with Crippen molar-refractivity contribution in [2.24, 2.45) is 0 Å². The zero-order valence-corrected chi connectivity index (χ0v) is 13.4. The predicted molar refractivity (Wildman–Crippen MR) is 88.8 cm³/mol. The molecule has 1 saturated heterocycles. The summed E-state index contributed by atoms with van der Waals surface area (Å²) in [5, 5.41) is 3.59. The van der Waals surface area contributed by atoms with E-state index in [2.05, 4.69) is 5.32 Å². The van der Waals surface area contributed by atoms with Crippen molar-refractivity contribution in [2.45, 2.75) is 24.9 Å². The molecule has 0 amide bonds. The second kappa shape index (κ2) is 6.84. The zero-order valence-electron chi connectivity index (χ0n) is 13.4. The average Bonchev–Trinajstić information content (AvgIpc) is 2.61. The molecule has 3 rings (SSSR count). The normalized spacial score (nSPS) is 21.0. The first-order chi connectivity index (χ1) is 11.2. The van der Waals surface area contributed by atoms with Gasteiger partial charge in [-0.05, 0) is 12.1 Å². The minimum Gasteiger partial charge on any atom is -0.496 e. The van der Waals surface area contributed by atoms with Gasteiger partial charge in [-0.1, -0.05) is 36.4 Å². The van der Waals surface area contributed by atoms with Gasteiger partial charge >= 0.3 is 0 Å². The van der Waals surface area contributed by atoms with Crippen molar-refractivity contribution in [3.05, 3.63) is 59.7 Å². The summed E-state index contributed by atoms with van der Waals surface area (Å²) in [5.74, 6) is 1.85. The largest absolute Gasteiger partial charge is 0.496 e. The molecule has 2 atom stereocenters. The molecule has 23 heavy (non-hydrogen) atoms. The van der Waals surface area contributed by atoms with Gasteiger partial charge in [0.1, 0.15) is 17.3 Å². The molecule has 0 aliphatic carbocycles. The molecule has 1 N–H and O–H groups in total. The van der Waals surface area contributed by atoms with Crippen LogP contribution >= 0.6 is 0 Å². The molecule has 120 valence electrons. The minimum atomic E-state index is -0.0534. The first-order valence-electron chi connectivity index (χ1n) is 7.76. The van der Waals surface area contributed by atoms with E-state index in [-0.39, 0.29) is 17.9 Å². The van der Waals surface area contributed by atoms with Crippen molar-refractivity contribution in [1.82, 2.24) is 5.32 Å². The van der Waals surface area contributed by atoms with Crippen LogP contribution in [0, 0.1) is 0 Å². The van der Waals surface area contributed by atoms with Gasteiger partial charge in [-0.15, -0.1) is 0 Å². The fraction of sp³-hybridized carbons (Fsp3) is 0.316. The number of piperidine rings is 1. The van der Waals surface area contributed by atoms with Crippen molar-refractivity contribution in [2.75, 3.05) is 14.2 Å². The highest BCUT2D eigenvalue weighted by Crippen LogP contribution is 2.37. The van der Waals surface area contributed by atoms with E-state index in [0.717, 1.165) is 22.6 Å². The highest BCUT2D eigenvalue weighted by Gasteiger charge is 2.31. The van der Waals surface area contributed by atoms with Crippen LogP contribution in [0.15, 0.2) is 48.5 Å². The van der Waals surface area contributed by atoms with Crippen molar-refractivity contribution < 1.29 is 14.3 Å². The molecule has 0 saturated carbocycles. The molecule has 1 aliphatic rings. The van der Waals surface area contributed by atoms with Crippen molar-refractivity contribution in [3.8, 4) is 11.5 Å². The minimum absolute atomic E-state index is 0.0534. The van der Waals surface area contributed by atoms with Gasteiger partial charge in [-0.3, -0.25) is 4.79 Å². The summed E-state index contributed by atoms with van der Waals surface area (Å²) >= 11 is 0. The molecule has 4 nitrogen and oxygen atoms in total. The first-order valence-corrected chi connectivity index (χ1v) is 7.76. The van der Waals surface area contributed by atoms with E-state index >= 15 is 0 Å².